The summed E-state index contributed by atoms with van der Waals surface area (Å²) in [6, 6.07) is 5.46. The zero-order chi connectivity index (χ0) is 12.3. The fourth-order valence-electron chi connectivity index (χ4n) is 1.25. The van der Waals surface area contributed by atoms with Crippen molar-refractivity contribution >= 4 is 13.5 Å². The molecule has 0 spiro atoms. The van der Waals surface area contributed by atoms with Gasteiger partial charge in [-0.2, -0.15) is 0 Å². The summed E-state index contributed by atoms with van der Waals surface area (Å²) in [7, 11) is -5.16. The standard InChI is InChI=1S/C8H10NO6P.2H3N/c1-6(15-16(12,13)14)7-4-2-3-5-8(7)9(10)11;;/h2-6H,1H3,(H2,12,13,14);2*1H3. The van der Waals surface area contributed by atoms with Crippen LogP contribution in [0, 0.1) is 10.1 Å². The van der Waals surface area contributed by atoms with Gasteiger partial charge in [0.2, 0.25) is 0 Å². The quantitative estimate of drug-likeness (QED) is 0.474. The highest BCUT2D eigenvalue weighted by molar-refractivity contribution is 7.43. The van der Waals surface area contributed by atoms with Crippen molar-refractivity contribution < 1.29 is 23.8 Å². The zero-order valence-corrected chi connectivity index (χ0v) is 11.1. The van der Waals surface area contributed by atoms with E-state index in [4.69, 9.17) is 0 Å². The molecule has 0 aliphatic carbocycles. The van der Waals surface area contributed by atoms with Crippen molar-refractivity contribution in [1.29, 1.82) is 0 Å². The Morgan fingerprint density at radius 3 is 2.22 bits per heavy atom. The predicted octanol–water partition coefficient (Wildman–Crippen LogP) is 1.25. The number of hydrogen-bond donors (Lipinski definition) is 2. The largest absolute Gasteiger partial charge is 0.790 e. The van der Waals surface area contributed by atoms with Gasteiger partial charge in [0.1, 0.15) is 0 Å². The first-order chi connectivity index (χ1) is 7.31. The van der Waals surface area contributed by atoms with Crippen LogP contribution in [0.2, 0.25) is 0 Å². The number of nitro benzene ring substituents is 1. The maximum Gasteiger partial charge on any atom is 0.275 e. The molecule has 18 heavy (non-hydrogen) atoms. The molecule has 0 saturated heterocycles. The second-order valence-corrected chi connectivity index (χ2v) is 4.12. The van der Waals surface area contributed by atoms with Crippen molar-refractivity contribution in [3.8, 4) is 0 Å². The normalized spacial score (nSPS) is 11.9. The Morgan fingerprint density at radius 2 is 1.78 bits per heavy atom. The van der Waals surface area contributed by atoms with Gasteiger partial charge < -0.3 is 31.2 Å². The van der Waals surface area contributed by atoms with Crippen LogP contribution in [0.25, 0.3) is 0 Å². The first kappa shape index (κ1) is 19.0. The summed E-state index contributed by atoms with van der Waals surface area (Å²) in [5, 5.41) is 10.6. The van der Waals surface area contributed by atoms with Crippen LogP contribution < -0.4 is 22.1 Å². The third-order valence-electron chi connectivity index (χ3n) is 1.86. The molecule has 1 aromatic rings. The van der Waals surface area contributed by atoms with Crippen LogP contribution in [0.1, 0.15) is 18.6 Å². The molecule has 0 heterocycles. The highest BCUT2D eigenvalue weighted by Crippen LogP contribution is 2.37. The summed E-state index contributed by atoms with van der Waals surface area (Å²) in [6.07, 6.45) is -1.18. The van der Waals surface area contributed by atoms with Crippen LogP contribution in [0.15, 0.2) is 24.3 Å². The van der Waals surface area contributed by atoms with Crippen molar-refractivity contribution in [2.45, 2.75) is 13.0 Å². The molecule has 1 atom stereocenters. The van der Waals surface area contributed by atoms with E-state index in [9.17, 15) is 24.5 Å². The Hall–Kier alpha value is -1.35. The molecule has 1 rings (SSSR count). The number of rotatable bonds is 4. The molecule has 0 amide bonds. The number of phosphoric acid groups is 1. The Morgan fingerprint density at radius 1 is 1.28 bits per heavy atom. The van der Waals surface area contributed by atoms with Gasteiger partial charge in [0.25, 0.3) is 5.69 Å². The fourth-order valence-corrected chi connectivity index (χ4v) is 1.75. The maximum atomic E-state index is 10.6. The lowest BCUT2D eigenvalue weighted by Crippen LogP contribution is -2.18. The summed E-state index contributed by atoms with van der Waals surface area (Å²) in [6.45, 7) is 1.25. The molecule has 0 aliphatic rings. The number of phosphoric ester groups is 1. The summed E-state index contributed by atoms with van der Waals surface area (Å²) in [5.74, 6) is 0. The van der Waals surface area contributed by atoms with E-state index in [-0.39, 0.29) is 23.6 Å². The highest BCUT2D eigenvalue weighted by atomic mass is 31.2. The average molecular weight is 281 g/mol. The van der Waals surface area contributed by atoms with Gasteiger partial charge >= 0.3 is 0 Å². The third-order valence-corrected chi connectivity index (χ3v) is 2.43. The highest BCUT2D eigenvalue weighted by Gasteiger charge is 2.19. The van der Waals surface area contributed by atoms with E-state index in [1.54, 1.807) is 0 Å². The van der Waals surface area contributed by atoms with Gasteiger partial charge in [0, 0.05) is 6.07 Å². The van der Waals surface area contributed by atoms with E-state index in [0.29, 0.717) is 0 Å². The number of hydrogen-bond acceptors (Lipinski definition) is 6. The van der Waals surface area contributed by atoms with E-state index in [1.807, 2.05) is 0 Å². The smallest absolute Gasteiger partial charge is 0.275 e. The molecule has 0 bridgehead atoms. The Kier molecular flexibility index (Phi) is 7.56. The summed E-state index contributed by atoms with van der Waals surface area (Å²) in [5.41, 5.74) is -0.247. The maximum absolute atomic E-state index is 10.6. The second-order valence-electron chi connectivity index (χ2n) is 3.01. The monoisotopic (exact) mass is 281 g/mol. The van der Waals surface area contributed by atoms with Crippen LogP contribution in [0.3, 0.4) is 0 Å². The molecule has 1 unspecified atom stereocenters. The van der Waals surface area contributed by atoms with E-state index >= 15 is 0 Å². The number of benzene rings is 1. The molecule has 0 aliphatic heterocycles. The Balaban J connectivity index is 0. The molecule has 1 aromatic carbocycles. The van der Waals surface area contributed by atoms with Gasteiger partial charge in [-0.1, -0.05) is 12.1 Å². The predicted molar refractivity (Wildman–Crippen MR) is 62.2 cm³/mol. The lowest BCUT2D eigenvalue weighted by Gasteiger charge is -2.31. The van der Waals surface area contributed by atoms with Crippen molar-refractivity contribution in [3.63, 3.8) is 0 Å². The molecule has 0 aromatic heterocycles. The second kappa shape index (κ2) is 7.17. The van der Waals surface area contributed by atoms with Crippen LogP contribution in [0.4, 0.5) is 5.69 Å². The summed E-state index contributed by atoms with van der Waals surface area (Å²) < 4.78 is 14.5. The summed E-state index contributed by atoms with van der Waals surface area (Å²) >= 11 is 0. The van der Waals surface area contributed by atoms with E-state index in [1.165, 1.54) is 31.2 Å². The number of para-hydroxylation sites is 1. The minimum atomic E-state index is -5.16. The van der Waals surface area contributed by atoms with Crippen molar-refractivity contribution in [2.24, 2.45) is 0 Å². The SMILES string of the molecule is CC(OP(=O)([O-])[O-])c1ccccc1[N+](=O)[O-].[NH4+].[NH4+]. The van der Waals surface area contributed by atoms with E-state index < -0.39 is 18.8 Å². The molecule has 9 nitrogen and oxygen atoms in total. The molecule has 0 radical (unpaired) electrons. The van der Waals surface area contributed by atoms with Gasteiger partial charge in [-0.25, -0.2) is 0 Å². The van der Waals surface area contributed by atoms with Gasteiger partial charge in [0.15, 0.2) is 0 Å². The molecule has 8 N–H and O–H groups in total. The minimum Gasteiger partial charge on any atom is -0.790 e. The lowest BCUT2D eigenvalue weighted by atomic mass is 10.1. The number of quaternary nitrogens is 2. The van der Waals surface area contributed by atoms with Crippen molar-refractivity contribution in [1.82, 2.24) is 12.3 Å². The fraction of sp³-hybridized carbons (Fsp3) is 0.250. The van der Waals surface area contributed by atoms with Gasteiger partial charge in [-0.15, -0.1) is 0 Å². The molecule has 10 heteroatoms. The zero-order valence-electron chi connectivity index (χ0n) is 10.2. The first-order valence-corrected chi connectivity index (χ1v) is 5.71. The minimum absolute atomic E-state index is 0. The topological polar surface area (TPSA) is 189 Å². The average Bonchev–Trinajstić information content (AvgIpc) is 2.15. The number of nitrogens with zero attached hydrogens (tertiary/aromatic N) is 1. The first-order valence-electron chi connectivity index (χ1n) is 4.25. The Bertz CT molecular complexity index is 448. The van der Waals surface area contributed by atoms with Crippen LogP contribution in [-0.2, 0) is 9.09 Å². The Labute approximate surface area is 103 Å². The van der Waals surface area contributed by atoms with Gasteiger partial charge in [-0.05, 0) is 13.0 Å². The van der Waals surface area contributed by atoms with Crippen molar-refractivity contribution in [2.75, 3.05) is 0 Å². The molecular weight excluding hydrogens is 265 g/mol. The molecular formula is C8H16N3O6P. The van der Waals surface area contributed by atoms with E-state index in [0.717, 1.165) is 0 Å². The molecule has 104 valence electrons. The molecule has 0 saturated carbocycles. The van der Waals surface area contributed by atoms with Crippen LogP contribution in [0.5, 0.6) is 0 Å². The van der Waals surface area contributed by atoms with Crippen LogP contribution >= 0.6 is 7.82 Å². The van der Waals surface area contributed by atoms with Gasteiger partial charge in [-0.3, -0.25) is 10.1 Å². The summed E-state index contributed by atoms with van der Waals surface area (Å²) in [4.78, 5) is 30.7. The third kappa shape index (κ3) is 5.32. The van der Waals surface area contributed by atoms with Crippen molar-refractivity contribution in [3.05, 3.63) is 39.9 Å². The van der Waals surface area contributed by atoms with Crippen LogP contribution in [-0.4, -0.2) is 4.92 Å². The number of nitro groups is 1. The lowest BCUT2D eigenvalue weighted by molar-refractivity contribution is -0.386. The molecule has 0 fully saturated rings. The van der Waals surface area contributed by atoms with Gasteiger partial charge in [0.05, 0.1) is 24.4 Å². The van der Waals surface area contributed by atoms with E-state index in [2.05, 4.69) is 4.52 Å².